The van der Waals surface area contributed by atoms with E-state index in [0.29, 0.717) is 5.39 Å². The average molecular weight is 586 g/mol. The van der Waals surface area contributed by atoms with E-state index in [1.807, 2.05) is 16.9 Å². The maximum atomic E-state index is 15.1. The van der Waals surface area contributed by atoms with Gasteiger partial charge in [-0.3, -0.25) is 14.3 Å². The van der Waals surface area contributed by atoms with Crippen LogP contribution in [-0.4, -0.2) is 63.3 Å². The number of fused-ring (bicyclic) bond motifs is 1. The van der Waals surface area contributed by atoms with Crippen molar-refractivity contribution in [3.05, 3.63) is 81.8 Å². The van der Waals surface area contributed by atoms with Crippen molar-refractivity contribution in [2.75, 3.05) is 50.0 Å². The second kappa shape index (κ2) is 11.8. The number of hydrogen-bond donors (Lipinski definition) is 3. The third-order valence-corrected chi connectivity index (χ3v) is 9.26. The molecule has 1 aliphatic heterocycles. The van der Waals surface area contributed by atoms with E-state index in [4.69, 9.17) is 4.74 Å². The number of halogens is 1. The molecule has 0 radical (unpaired) electrons. The Kier molecular flexibility index (Phi) is 8.17. The molecule has 0 aliphatic carbocycles. The van der Waals surface area contributed by atoms with Crippen LogP contribution in [0.25, 0.3) is 16.5 Å². The third kappa shape index (κ3) is 6.33. The number of benzene rings is 2. The highest BCUT2D eigenvalue weighted by Crippen LogP contribution is 2.22. The van der Waals surface area contributed by atoms with Crippen molar-refractivity contribution in [2.45, 2.75) is 11.1 Å². The first-order chi connectivity index (χ1) is 19.2. The number of nitrogens with zero attached hydrogens (tertiary/aromatic N) is 2. The second-order valence-electron chi connectivity index (χ2n) is 9.26. The van der Waals surface area contributed by atoms with Gasteiger partial charge < -0.3 is 15.4 Å². The van der Waals surface area contributed by atoms with Gasteiger partial charge in [-0.1, -0.05) is 0 Å². The van der Waals surface area contributed by atoms with Crippen LogP contribution in [-0.2, 0) is 14.8 Å². The number of anilines is 2. The minimum atomic E-state index is -4.05. The molecule has 0 bridgehead atoms. The van der Waals surface area contributed by atoms with Crippen LogP contribution < -0.4 is 20.9 Å². The third-order valence-electron chi connectivity index (χ3n) is 6.44. The van der Waals surface area contributed by atoms with Gasteiger partial charge in [0, 0.05) is 54.0 Å². The summed E-state index contributed by atoms with van der Waals surface area (Å²) in [4.78, 5) is 28.5. The highest BCUT2D eigenvalue weighted by Gasteiger charge is 2.20. The molecule has 4 aromatic rings. The number of aromatic nitrogens is 1. The van der Waals surface area contributed by atoms with E-state index in [2.05, 4.69) is 15.5 Å². The summed E-state index contributed by atoms with van der Waals surface area (Å²) in [6, 6.07) is 12.9. The lowest BCUT2D eigenvalue weighted by atomic mass is 10.1. The number of hydrogen-bond acceptors (Lipinski definition) is 8. The normalized spacial score (nSPS) is 14.2. The lowest BCUT2D eigenvalue weighted by molar-refractivity contribution is 0.0398. The van der Waals surface area contributed by atoms with Gasteiger partial charge in [0.2, 0.25) is 0 Å². The van der Waals surface area contributed by atoms with E-state index >= 15 is 4.39 Å². The lowest BCUT2D eigenvalue weighted by Gasteiger charge is -2.26. The SMILES string of the molecule is Cc1ccc(S(=O)(=O)NC(=O)Nc2ccc(-n3ccc4cc(NCCN5CCOCC5)ccc4c3=O)c(F)c2)s1. The molecule has 13 heteroatoms. The Hall–Kier alpha value is -3.78. The van der Waals surface area contributed by atoms with Crippen molar-refractivity contribution in [3.8, 4) is 5.69 Å². The predicted octanol–water partition coefficient (Wildman–Crippen LogP) is 3.75. The number of urea groups is 1. The van der Waals surface area contributed by atoms with Gasteiger partial charge in [0.25, 0.3) is 15.6 Å². The molecule has 40 heavy (non-hydrogen) atoms. The van der Waals surface area contributed by atoms with Gasteiger partial charge in [-0.15, -0.1) is 11.3 Å². The van der Waals surface area contributed by atoms with Gasteiger partial charge >= 0.3 is 6.03 Å². The molecule has 2 aromatic heterocycles. The molecule has 1 fully saturated rings. The molecule has 1 aliphatic rings. The number of aryl methyl sites for hydroxylation is 1. The quantitative estimate of drug-likeness (QED) is 0.288. The molecule has 3 N–H and O–H groups in total. The summed E-state index contributed by atoms with van der Waals surface area (Å²) in [5.41, 5.74) is 0.506. The summed E-state index contributed by atoms with van der Waals surface area (Å²) >= 11 is 1.02. The Bertz CT molecular complexity index is 1710. The fourth-order valence-electron chi connectivity index (χ4n) is 4.40. The Morgan fingerprint density at radius 1 is 1.05 bits per heavy atom. The van der Waals surface area contributed by atoms with Crippen molar-refractivity contribution < 1.29 is 22.3 Å². The van der Waals surface area contributed by atoms with Crippen LogP contribution in [0.3, 0.4) is 0 Å². The lowest BCUT2D eigenvalue weighted by Crippen LogP contribution is -2.39. The van der Waals surface area contributed by atoms with Gasteiger partial charge in [0.1, 0.15) is 10.0 Å². The first-order valence-electron chi connectivity index (χ1n) is 12.6. The van der Waals surface area contributed by atoms with Crippen LogP contribution in [0.1, 0.15) is 4.88 Å². The standard InChI is InChI=1S/C27H28FN5O5S2/c1-18-2-7-25(39-18)40(36,37)31-27(35)30-21-4-6-24(23(28)17-21)33-10-8-19-16-20(3-5-22(19)26(33)34)29-9-11-32-12-14-38-15-13-32/h2-8,10,16-17,29H,9,11-15H2,1H3,(H2,30,31,35). The average Bonchev–Trinajstić information content (AvgIpc) is 3.37. The van der Waals surface area contributed by atoms with E-state index in [-0.39, 0.29) is 15.6 Å². The Morgan fingerprint density at radius 3 is 2.55 bits per heavy atom. The van der Waals surface area contributed by atoms with Crippen LogP contribution in [0.5, 0.6) is 0 Å². The van der Waals surface area contributed by atoms with Crippen LogP contribution in [0.4, 0.5) is 20.6 Å². The summed E-state index contributed by atoms with van der Waals surface area (Å²) in [6.45, 7) is 6.71. The highest BCUT2D eigenvalue weighted by atomic mass is 32.2. The van der Waals surface area contributed by atoms with Crippen molar-refractivity contribution >= 4 is 49.5 Å². The summed E-state index contributed by atoms with van der Waals surface area (Å²) in [5, 5.41) is 6.84. The number of carbonyl (C=O) groups excluding carboxylic acids is 1. The molecule has 3 heterocycles. The summed E-state index contributed by atoms with van der Waals surface area (Å²) < 4.78 is 48.2. The maximum absolute atomic E-state index is 15.1. The number of thiophene rings is 1. The van der Waals surface area contributed by atoms with E-state index in [1.54, 1.807) is 25.1 Å². The van der Waals surface area contributed by atoms with Crippen molar-refractivity contribution in [3.63, 3.8) is 0 Å². The minimum absolute atomic E-state index is 0.00625. The number of nitrogens with one attached hydrogen (secondary N) is 3. The number of rotatable bonds is 8. The van der Waals surface area contributed by atoms with Gasteiger partial charge in [0.15, 0.2) is 0 Å². The zero-order valence-corrected chi connectivity index (χ0v) is 23.3. The van der Waals surface area contributed by atoms with Crippen molar-refractivity contribution in [2.24, 2.45) is 0 Å². The molecule has 5 rings (SSSR count). The highest BCUT2D eigenvalue weighted by molar-refractivity contribution is 7.92. The van der Waals surface area contributed by atoms with Crippen molar-refractivity contribution in [1.29, 1.82) is 0 Å². The molecule has 0 saturated carbocycles. The molecular weight excluding hydrogens is 557 g/mol. The van der Waals surface area contributed by atoms with E-state index in [1.165, 1.54) is 29.0 Å². The molecule has 210 valence electrons. The fourth-order valence-corrected chi connectivity index (χ4v) is 6.59. The first kappa shape index (κ1) is 27.8. The van der Waals surface area contributed by atoms with Gasteiger partial charge in [-0.2, -0.15) is 0 Å². The molecular formula is C27H28FN5O5S2. The molecule has 0 atom stereocenters. The largest absolute Gasteiger partial charge is 0.384 e. The van der Waals surface area contributed by atoms with Crippen molar-refractivity contribution in [1.82, 2.24) is 14.2 Å². The van der Waals surface area contributed by atoms with Crippen LogP contribution in [0.2, 0.25) is 0 Å². The summed E-state index contributed by atoms with van der Waals surface area (Å²) in [5.74, 6) is -0.766. The maximum Gasteiger partial charge on any atom is 0.333 e. The predicted molar refractivity (Wildman–Crippen MR) is 154 cm³/mol. The van der Waals surface area contributed by atoms with E-state index < -0.39 is 27.4 Å². The Balaban J connectivity index is 1.27. The molecule has 0 spiro atoms. The van der Waals surface area contributed by atoms with E-state index in [9.17, 15) is 18.0 Å². The van der Waals surface area contributed by atoms with Gasteiger partial charge in [-0.05, 0) is 66.9 Å². The van der Waals surface area contributed by atoms with Gasteiger partial charge in [-0.25, -0.2) is 22.3 Å². The zero-order chi connectivity index (χ0) is 28.3. The number of pyridine rings is 1. The topological polar surface area (TPSA) is 122 Å². The first-order valence-corrected chi connectivity index (χ1v) is 14.9. The van der Waals surface area contributed by atoms with Crippen LogP contribution in [0, 0.1) is 12.7 Å². The molecule has 2 aromatic carbocycles. The summed E-state index contributed by atoms with van der Waals surface area (Å²) in [6.07, 6.45) is 1.50. The molecule has 0 unspecified atom stereocenters. The molecule has 10 nitrogen and oxygen atoms in total. The van der Waals surface area contributed by atoms with E-state index in [0.717, 1.165) is 72.7 Å². The number of ether oxygens (including phenoxy) is 1. The monoisotopic (exact) mass is 585 g/mol. The number of morpholine rings is 1. The second-order valence-corrected chi connectivity index (χ2v) is 12.5. The Morgan fingerprint density at radius 2 is 1.82 bits per heavy atom. The Labute approximate surface area is 234 Å². The number of carbonyl (C=O) groups is 1. The smallest absolute Gasteiger partial charge is 0.333 e. The molecule has 1 saturated heterocycles. The number of sulfonamides is 1. The fraction of sp³-hybridized carbons (Fsp3) is 0.259. The zero-order valence-electron chi connectivity index (χ0n) is 21.6. The summed E-state index contributed by atoms with van der Waals surface area (Å²) in [7, 11) is -4.05. The van der Waals surface area contributed by atoms with Crippen LogP contribution >= 0.6 is 11.3 Å². The minimum Gasteiger partial charge on any atom is -0.384 e. The molecule has 2 amide bonds. The van der Waals surface area contributed by atoms with Crippen LogP contribution in [0.15, 0.2) is 69.8 Å². The number of amides is 2. The van der Waals surface area contributed by atoms with Gasteiger partial charge in [0.05, 0.1) is 18.9 Å².